The van der Waals surface area contributed by atoms with Crippen molar-refractivity contribution in [2.75, 3.05) is 46.8 Å². The third kappa shape index (κ3) is 3.98. The molecule has 0 radical (unpaired) electrons. The van der Waals surface area contributed by atoms with Gasteiger partial charge in [-0.3, -0.25) is 14.5 Å². The summed E-state index contributed by atoms with van der Waals surface area (Å²) in [6.45, 7) is 4.90. The molecular formula is C11H22N4O2. The van der Waals surface area contributed by atoms with Crippen LogP contribution in [-0.4, -0.2) is 79.4 Å². The van der Waals surface area contributed by atoms with Crippen LogP contribution in [0.4, 0.5) is 0 Å². The third-order valence-corrected chi connectivity index (χ3v) is 2.93. The van der Waals surface area contributed by atoms with Gasteiger partial charge in [0, 0.05) is 40.3 Å². The van der Waals surface area contributed by atoms with E-state index < -0.39 is 6.04 Å². The molecule has 1 atom stereocenters. The van der Waals surface area contributed by atoms with E-state index in [2.05, 4.69) is 4.90 Å². The standard InChI is InChI=1S/C11H22N4O2/c1-9(12)11(17)15-6-4-14(5-7-15)8-10(16)13(2)3/h9H,4-8,12H2,1-3H3/t9-/m0/s1. The second-order valence-electron chi connectivity index (χ2n) is 4.68. The Hall–Kier alpha value is -1.14. The van der Waals surface area contributed by atoms with Crippen molar-refractivity contribution in [3.05, 3.63) is 0 Å². The van der Waals surface area contributed by atoms with Crippen LogP contribution < -0.4 is 5.73 Å². The predicted molar refractivity (Wildman–Crippen MR) is 65.4 cm³/mol. The van der Waals surface area contributed by atoms with E-state index >= 15 is 0 Å². The lowest BCUT2D eigenvalue weighted by atomic mass is 10.2. The molecule has 0 aromatic heterocycles. The minimum Gasteiger partial charge on any atom is -0.348 e. The number of nitrogens with two attached hydrogens (primary N) is 1. The van der Waals surface area contributed by atoms with Gasteiger partial charge in [-0.1, -0.05) is 0 Å². The molecule has 1 heterocycles. The molecule has 0 aliphatic carbocycles. The van der Waals surface area contributed by atoms with Crippen LogP contribution in [-0.2, 0) is 9.59 Å². The Morgan fingerprint density at radius 2 is 1.76 bits per heavy atom. The maximum absolute atomic E-state index is 11.6. The summed E-state index contributed by atoms with van der Waals surface area (Å²) < 4.78 is 0. The molecule has 0 aromatic rings. The first-order chi connectivity index (χ1) is 7.91. The van der Waals surface area contributed by atoms with Crippen LogP contribution in [0.2, 0.25) is 0 Å². The van der Waals surface area contributed by atoms with Crippen molar-refractivity contribution in [1.29, 1.82) is 0 Å². The summed E-state index contributed by atoms with van der Waals surface area (Å²) in [6.07, 6.45) is 0. The molecule has 0 bridgehead atoms. The van der Waals surface area contributed by atoms with Gasteiger partial charge in [-0.25, -0.2) is 0 Å². The van der Waals surface area contributed by atoms with Crippen LogP contribution in [0.5, 0.6) is 0 Å². The minimum atomic E-state index is -0.440. The number of amides is 2. The molecular weight excluding hydrogens is 220 g/mol. The number of carbonyl (C=O) groups is 2. The van der Waals surface area contributed by atoms with Gasteiger partial charge >= 0.3 is 0 Å². The lowest BCUT2D eigenvalue weighted by Gasteiger charge is -2.35. The van der Waals surface area contributed by atoms with Gasteiger partial charge in [-0.2, -0.15) is 0 Å². The highest BCUT2D eigenvalue weighted by Gasteiger charge is 2.24. The molecule has 1 aliphatic heterocycles. The van der Waals surface area contributed by atoms with Crippen molar-refractivity contribution >= 4 is 11.8 Å². The van der Waals surface area contributed by atoms with E-state index in [-0.39, 0.29) is 11.8 Å². The van der Waals surface area contributed by atoms with Gasteiger partial charge in [-0.05, 0) is 6.92 Å². The van der Waals surface area contributed by atoms with Crippen molar-refractivity contribution in [3.63, 3.8) is 0 Å². The van der Waals surface area contributed by atoms with E-state index in [0.717, 1.165) is 13.1 Å². The topological polar surface area (TPSA) is 69.9 Å². The Bertz CT molecular complexity index is 283. The van der Waals surface area contributed by atoms with E-state index in [9.17, 15) is 9.59 Å². The second-order valence-corrected chi connectivity index (χ2v) is 4.68. The number of rotatable bonds is 3. The molecule has 0 spiro atoms. The summed E-state index contributed by atoms with van der Waals surface area (Å²) in [7, 11) is 3.50. The smallest absolute Gasteiger partial charge is 0.239 e. The van der Waals surface area contributed by atoms with Gasteiger partial charge in [0.05, 0.1) is 12.6 Å². The highest BCUT2D eigenvalue weighted by molar-refractivity contribution is 5.81. The quantitative estimate of drug-likeness (QED) is 0.658. The summed E-state index contributed by atoms with van der Waals surface area (Å²) in [6, 6.07) is -0.440. The van der Waals surface area contributed by atoms with Crippen LogP contribution in [0.1, 0.15) is 6.92 Å². The lowest BCUT2D eigenvalue weighted by Crippen LogP contribution is -2.53. The second kappa shape index (κ2) is 5.97. The molecule has 0 aromatic carbocycles. The van der Waals surface area contributed by atoms with Crippen molar-refractivity contribution < 1.29 is 9.59 Å². The SMILES string of the molecule is C[C@H](N)C(=O)N1CCN(CC(=O)N(C)C)CC1. The summed E-state index contributed by atoms with van der Waals surface area (Å²) in [5.74, 6) is 0.0838. The van der Waals surface area contributed by atoms with E-state index in [1.54, 1.807) is 30.8 Å². The Labute approximate surface area is 102 Å². The zero-order valence-corrected chi connectivity index (χ0v) is 10.8. The van der Waals surface area contributed by atoms with Gasteiger partial charge in [0.2, 0.25) is 11.8 Å². The van der Waals surface area contributed by atoms with Gasteiger partial charge in [0.25, 0.3) is 0 Å². The maximum atomic E-state index is 11.6. The molecule has 6 heteroatoms. The highest BCUT2D eigenvalue weighted by atomic mass is 16.2. The zero-order valence-electron chi connectivity index (χ0n) is 10.8. The van der Waals surface area contributed by atoms with E-state index in [0.29, 0.717) is 19.6 Å². The minimum absolute atomic E-state index is 0.0106. The van der Waals surface area contributed by atoms with Gasteiger partial charge < -0.3 is 15.5 Å². The Kier molecular flexibility index (Phi) is 4.89. The number of carbonyl (C=O) groups excluding carboxylic acids is 2. The molecule has 17 heavy (non-hydrogen) atoms. The van der Waals surface area contributed by atoms with Gasteiger partial charge in [0.15, 0.2) is 0 Å². The predicted octanol–water partition coefficient (Wildman–Crippen LogP) is -1.43. The summed E-state index contributed by atoms with van der Waals surface area (Å²) in [5.41, 5.74) is 5.56. The Balaban J connectivity index is 2.36. The number of nitrogens with zero attached hydrogens (tertiary/aromatic N) is 3. The van der Waals surface area contributed by atoms with Crippen molar-refractivity contribution in [3.8, 4) is 0 Å². The fourth-order valence-electron chi connectivity index (χ4n) is 1.75. The van der Waals surface area contributed by atoms with Gasteiger partial charge in [-0.15, -0.1) is 0 Å². The van der Waals surface area contributed by atoms with Gasteiger partial charge in [0.1, 0.15) is 0 Å². The van der Waals surface area contributed by atoms with E-state index in [4.69, 9.17) is 5.73 Å². The molecule has 0 saturated carbocycles. The van der Waals surface area contributed by atoms with Crippen LogP contribution in [0.15, 0.2) is 0 Å². The molecule has 0 unspecified atom stereocenters. The average molecular weight is 242 g/mol. The first kappa shape index (κ1) is 13.9. The molecule has 6 nitrogen and oxygen atoms in total. The van der Waals surface area contributed by atoms with E-state index in [1.165, 1.54) is 0 Å². The number of likely N-dealkylation sites (N-methyl/N-ethyl adjacent to an activating group) is 1. The fourth-order valence-corrected chi connectivity index (χ4v) is 1.75. The van der Waals surface area contributed by atoms with Crippen molar-refractivity contribution in [1.82, 2.24) is 14.7 Å². The first-order valence-corrected chi connectivity index (χ1v) is 5.88. The molecule has 1 fully saturated rings. The molecule has 1 aliphatic rings. The Morgan fingerprint density at radius 3 is 2.18 bits per heavy atom. The van der Waals surface area contributed by atoms with Crippen LogP contribution >= 0.6 is 0 Å². The van der Waals surface area contributed by atoms with Crippen LogP contribution in [0.25, 0.3) is 0 Å². The monoisotopic (exact) mass is 242 g/mol. The van der Waals surface area contributed by atoms with Crippen molar-refractivity contribution in [2.24, 2.45) is 5.73 Å². The summed E-state index contributed by atoms with van der Waals surface area (Å²) in [4.78, 5) is 28.6. The number of piperazine rings is 1. The summed E-state index contributed by atoms with van der Waals surface area (Å²) >= 11 is 0. The lowest BCUT2D eigenvalue weighted by molar-refractivity contribution is -0.135. The normalized spacial score (nSPS) is 18.9. The summed E-state index contributed by atoms with van der Waals surface area (Å²) in [5, 5.41) is 0. The van der Waals surface area contributed by atoms with Crippen LogP contribution in [0.3, 0.4) is 0 Å². The maximum Gasteiger partial charge on any atom is 0.239 e. The molecule has 2 amide bonds. The molecule has 1 saturated heterocycles. The number of hydrogen-bond donors (Lipinski definition) is 1. The van der Waals surface area contributed by atoms with Crippen molar-refractivity contribution in [2.45, 2.75) is 13.0 Å². The largest absolute Gasteiger partial charge is 0.348 e. The average Bonchev–Trinajstić information content (AvgIpc) is 2.28. The number of hydrogen-bond acceptors (Lipinski definition) is 4. The molecule has 98 valence electrons. The van der Waals surface area contributed by atoms with E-state index in [1.807, 2.05) is 0 Å². The molecule has 2 N–H and O–H groups in total. The fraction of sp³-hybridized carbons (Fsp3) is 0.818. The first-order valence-electron chi connectivity index (χ1n) is 5.88. The van der Waals surface area contributed by atoms with Crippen LogP contribution in [0, 0.1) is 0 Å². The zero-order chi connectivity index (χ0) is 13.0. The third-order valence-electron chi connectivity index (χ3n) is 2.93. The Morgan fingerprint density at radius 1 is 1.24 bits per heavy atom. The molecule has 1 rings (SSSR count). The highest BCUT2D eigenvalue weighted by Crippen LogP contribution is 2.03.